The highest BCUT2D eigenvalue weighted by Crippen LogP contribution is 2.22. The molecule has 0 radical (unpaired) electrons. The Morgan fingerprint density at radius 1 is 1.53 bits per heavy atom. The Morgan fingerprint density at radius 3 is 2.63 bits per heavy atom. The zero-order valence-corrected chi connectivity index (χ0v) is 11.6. The Balaban J connectivity index is 2.90. The maximum absolute atomic E-state index is 11.9. The normalized spacial score (nSPS) is 10.9. The van der Waals surface area contributed by atoms with Gasteiger partial charge in [0.25, 0.3) is 5.91 Å². The van der Waals surface area contributed by atoms with Crippen LogP contribution in [0.2, 0.25) is 5.02 Å². The van der Waals surface area contributed by atoms with E-state index in [0.717, 1.165) is 0 Å². The van der Waals surface area contributed by atoms with Crippen LogP contribution in [0.25, 0.3) is 0 Å². The molecule has 6 nitrogen and oxygen atoms in total. The molecule has 0 bridgehead atoms. The van der Waals surface area contributed by atoms with Gasteiger partial charge in [0.15, 0.2) is 0 Å². The van der Waals surface area contributed by atoms with Crippen LogP contribution in [-0.4, -0.2) is 34.1 Å². The van der Waals surface area contributed by atoms with Gasteiger partial charge in [-0.2, -0.15) is 0 Å². The van der Waals surface area contributed by atoms with Gasteiger partial charge in [-0.15, -0.1) is 0 Å². The number of carbonyl (C=O) groups excluding carboxylic acids is 1. The molecule has 0 unspecified atom stereocenters. The van der Waals surface area contributed by atoms with Crippen molar-refractivity contribution in [1.82, 2.24) is 10.3 Å². The van der Waals surface area contributed by atoms with Crippen LogP contribution in [0, 0.1) is 0 Å². The van der Waals surface area contributed by atoms with Gasteiger partial charge in [0.2, 0.25) is 5.88 Å². The van der Waals surface area contributed by atoms with Crippen molar-refractivity contribution < 1.29 is 19.4 Å². The van der Waals surface area contributed by atoms with Gasteiger partial charge in [-0.25, -0.2) is 9.78 Å². The maximum atomic E-state index is 11.9. The summed E-state index contributed by atoms with van der Waals surface area (Å²) in [5.74, 6) is -1.46. The molecule has 1 amide bonds. The number of ether oxygens (including phenoxy) is 1. The molecule has 1 aromatic heterocycles. The quantitative estimate of drug-likeness (QED) is 0.860. The predicted molar refractivity (Wildman–Crippen MR) is 69.6 cm³/mol. The topological polar surface area (TPSA) is 88.5 Å². The summed E-state index contributed by atoms with van der Waals surface area (Å²) in [4.78, 5) is 26.7. The molecule has 7 heteroatoms. The lowest BCUT2D eigenvalue weighted by molar-refractivity contribution is -0.143. The molecular weight excluding hydrogens is 272 g/mol. The second kappa shape index (κ2) is 5.88. The lowest BCUT2D eigenvalue weighted by Crippen LogP contribution is -2.49. The Morgan fingerprint density at radius 2 is 2.16 bits per heavy atom. The minimum atomic E-state index is -1.37. The largest absolute Gasteiger partial charge is 0.480 e. The summed E-state index contributed by atoms with van der Waals surface area (Å²) < 4.78 is 5.14. The molecule has 0 saturated carbocycles. The van der Waals surface area contributed by atoms with Gasteiger partial charge < -0.3 is 15.2 Å². The van der Waals surface area contributed by atoms with Crippen molar-refractivity contribution in [2.24, 2.45) is 0 Å². The predicted octanol–water partition coefficient (Wildman–Crippen LogP) is 1.73. The van der Waals surface area contributed by atoms with Gasteiger partial charge in [0.1, 0.15) is 10.6 Å². The molecule has 0 spiro atoms. The number of hydrogen-bond donors (Lipinski definition) is 2. The third kappa shape index (κ3) is 3.82. The standard InChI is InChI=1S/C12H15ClN2O4/c1-4-19-10-8(13)5-7(6-14-10)9(16)15-12(2,3)11(17)18/h5-6H,4H2,1-3H3,(H,15,16)(H,17,18). The molecule has 1 aromatic rings. The third-order valence-corrected chi connectivity index (χ3v) is 2.58. The lowest BCUT2D eigenvalue weighted by Gasteiger charge is -2.20. The van der Waals surface area contributed by atoms with Gasteiger partial charge in [-0.3, -0.25) is 4.79 Å². The van der Waals surface area contributed by atoms with Crippen molar-refractivity contribution in [2.45, 2.75) is 26.3 Å². The van der Waals surface area contributed by atoms with Crippen molar-refractivity contribution in [1.29, 1.82) is 0 Å². The van der Waals surface area contributed by atoms with Crippen molar-refractivity contribution in [2.75, 3.05) is 6.61 Å². The minimum absolute atomic E-state index is 0.169. The van der Waals surface area contributed by atoms with E-state index in [-0.39, 0.29) is 16.5 Å². The van der Waals surface area contributed by atoms with E-state index in [9.17, 15) is 9.59 Å². The van der Waals surface area contributed by atoms with Crippen molar-refractivity contribution >= 4 is 23.5 Å². The number of aliphatic carboxylic acids is 1. The second-order valence-electron chi connectivity index (χ2n) is 4.33. The molecule has 0 atom stereocenters. The summed E-state index contributed by atoms with van der Waals surface area (Å²) in [6.07, 6.45) is 1.28. The third-order valence-electron chi connectivity index (χ3n) is 2.31. The number of carbonyl (C=O) groups is 2. The molecule has 1 rings (SSSR count). The second-order valence-corrected chi connectivity index (χ2v) is 4.74. The van der Waals surface area contributed by atoms with E-state index in [4.69, 9.17) is 21.4 Å². The highest BCUT2D eigenvalue weighted by molar-refractivity contribution is 6.32. The smallest absolute Gasteiger partial charge is 0.328 e. The SMILES string of the molecule is CCOc1ncc(C(=O)NC(C)(C)C(=O)O)cc1Cl. The number of nitrogens with one attached hydrogen (secondary N) is 1. The Hall–Kier alpha value is -1.82. The summed E-state index contributed by atoms with van der Waals surface area (Å²) in [6.45, 7) is 4.96. The number of pyridine rings is 1. The molecule has 0 saturated heterocycles. The first-order chi connectivity index (χ1) is 8.77. The highest BCUT2D eigenvalue weighted by Gasteiger charge is 2.29. The molecule has 0 fully saturated rings. The van der Waals surface area contributed by atoms with E-state index in [1.807, 2.05) is 0 Å². The molecule has 0 aliphatic carbocycles. The van der Waals surface area contributed by atoms with Gasteiger partial charge in [0, 0.05) is 6.20 Å². The molecule has 0 aliphatic heterocycles. The summed E-state index contributed by atoms with van der Waals surface area (Å²) in [7, 11) is 0. The van der Waals surface area contributed by atoms with E-state index in [1.165, 1.54) is 26.1 Å². The summed E-state index contributed by atoms with van der Waals surface area (Å²) in [6, 6.07) is 1.38. The molecule has 19 heavy (non-hydrogen) atoms. The summed E-state index contributed by atoms with van der Waals surface area (Å²) in [5.41, 5.74) is -1.20. The molecule has 0 aliphatic rings. The Kier molecular flexibility index (Phi) is 4.72. The van der Waals surface area contributed by atoms with Crippen LogP contribution in [0.4, 0.5) is 0 Å². The molecule has 2 N–H and O–H groups in total. The van der Waals surface area contributed by atoms with Crippen LogP contribution in [0.1, 0.15) is 31.1 Å². The first-order valence-electron chi connectivity index (χ1n) is 5.62. The van der Waals surface area contributed by atoms with Crippen LogP contribution >= 0.6 is 11.6 Å². The number of carboxylic acids is 1. The van der Waals surface area contributed by atoms with E-state index < -0.39 is 17.4 Å². The Bertz CT molecular complexity index is 503. The number of amides is 1. The molecule has 0 aromatic carbocycles. The lowest BCUT2D eigenvalue weighted by atomic mass is 10.1. The van der Waals surface area contributed by atoms with Crippen LogP contribution in [0.15, 0.2) is 12.3 Å². The fourth-order valence-electron chi connectivity index (χ4n) is 1.20. The van der Waals surface area contributed by atoms with Crippen molar-refractivity contribution in [3.05, 3.63) is 22.8 Å². The Labute approximate surface area is 115 Å². The fourth-order valence-corrected chi connectivity index (χ4v) is 1.42. The highest BCUT2D eigenvalue weighted by atomic mass is 35.5. The zero-order chi connectivity index (χ0) is 14.6. The monoisotopic (exact) mass is 286 g/mol. The van der Waals surface area contributed by atoms with E-state index >= 15 is 0 Å². The van der Waals surface area contributed by atoms with Gasteiger partial charge >= 0.3 is 5.97 Å². The number of aromatic nitrogens is 1. The van der Waals surface area contributed by atoms with Gasteiger partial charge in [-0.05, 0) is 26.8 Å². The first kappa shape index (κ1) is 15.2. The van der Waals surface area contributed by atoms with Crippen LogP contribution < -0.4 is 10.1 Å². The van der Waals surface area contributed by atoms with E-state index in [1.54, 1.807) is 6.92 Å². The van der Waals surface area contributed by atoms with Crippen molar-refractivity contribution in [3.8, 4) is 5.88 Å². The van der Waals surface area contributed by atoms with Crippen LogP contribution in [0.3, 0.4) is 0 Å². The first-order valence-corrected chi connectivity index (χ1v) is 6.00. The van der Waals surface area contributed by atoms with E-state index in [2.05, 4.69) is 10.3 Å². The number of hydrogen-bond acceptors (Lipinski definition) is 4. The average molecular weight is 287 g/mol. The van der Waals surface area contributed by atoms with E-state index in [0.29, 0.717) is 6.61 Å². The number of rotatable bonds is 5. The molecule has 104 valence electrons. The maximum Gasteiger partial charge on any atom is 0.328 e. The molecular formula is C12H15ClN2O4. The minimum Gasteiger partial charge on any atom is -0.480 e. The fraction of sp³-hybridized carbons (Fsp3) is 0.417. The van der Waals surface area contributed by atoms with Gasteiger partial charge in [-0.1, -0.05) is 11.6 Å². The summed E-state index contributed by atoms with van der Waals surface area (Å²) >= 11 is 5.90. The average Bonchev–Trinajstić information content (AvgIpc) is 2.31. The number of nitrogens with zero attached hydrogens (tertiary/aromatic N) is 1. The zero-order valence-electron chi connectivity index (χ0n) is 10.9. The molecule has 1 heterocycles. The number of halogens is 1. The van der Waals surface area contributed by atoms with Crippen LogP contribution in [-0.2, 0) is 4.79 Å². The van der Waals surface area contributed by atoms with Crippen LogP contribution in [0.5, 0.6) is 5.88 Å². The summed E-state index contributed by atoms with van der Waals surface area (Å²) in [5, 5.41) is 11.5. The van der Waals surface area contributed by atoms with Gasteiger partial charge in [0.05, 0.1) is 12.2 Å². The number of carboxylic acid groups (broad SMARTS) is 1. The van der Waals surface area contributed by atoms with Crippen molar-refractivity contribution in [3.63, 3.8) is 0 Å².